The van der Waals surface area contributed by atoms with Gasteiger partial charge >= 0.3 is 0 Å². The summed E-state index contributed by atoms with van der Waals surface area (Å²) in [6.45, 7) is 3.82. The van der Waals surface area contributed by atoms with E-state index < -0.39 is 10.0 Å². The van der Waals surface area contributed by atoms with E-state index in [1.807, 2.05) is 12.1 Å². The molecule has 35 heavy (non-hydrogen) atoms. The summed E-state index contributed by atoms with van der Waals surface area (Å²) in [6, 6.07) is 11.3. The Bertz CT molecular complexity index is 1170. The molecule has 2 saturated heterocycles. The molecule has 5 rings (SSSR count). The van der Waals surface area contributed by atoms with Gasteiger partial charge in [-0.15, -0.1) is 0 Å². The van der Waals surface area contributed by atoms with Crippen LogP contribution in [0.1, 0.15) is 36.8 Å². The van der Waals surface area contributed by atoms with Crippen LogP contribution in [0.2, 0.25) is 0 Å². The van der Waals surface area contributed by atoms with Crippen molar-refractivity contribution in [3.05, 3.63) is 47.5 Å². The van der Waals surface area contributed by atoms with Crippen LogP contribution in [0.15, 0.2) is 41.3 Å². The summed E-state index contributed by atoms with van der Waals surface area (Å²) in [6.07, 6.45) is 6.16. The molecule has 0 bridgehead atoms. The maximum Gasteiger partial charge on any atom is 0.243 e. The van der Waals surface area contributed by atoms with Crippen molar-refractivity contribution in [2.24, 2.45) is 0 Å². The number of rotatable bonds is 7. The number of benzene rings is 2. The number of amides is 1. The van der Waals surface area contributed by atoms with E-state index >= 15 is 0 Å². The molecule has 1 aliphatic carbocycles. The van der Waals surface area contributed by atoms with Crippen LogP contribution in [0.25, 0.3) is 0 Å². The van der Waals surface area contributed by atoms with E-state index in [0.29, 0.717) is 45.1 Å². The van der Waals surface area contributed by atoms with E-state index in [0.717, 1.165) is 49.9 Å². The minimum absolute atomic E-state index is 0.0433. The number of fused-ring (bicyclic) bond motifs is 1. The van der Waals surface area contributed by atoms with Crippen molar-refractivity contribution in [1.82, 2.24) is 4.31 Å². The molecule has 9 heteroatoms. The van der Waals surface area contributed by atoms with E-state index in [1.165, 1.54) is 11.1 Å². The molecule has 188 valence electrons. The van der Waals surface area contributed by atoms with Gasteiger partial charge in [0.15, 0.2) is 0 Å². The standard InChI is InChI=1S/C26H34N4O4S/c31-26(28-22-8-7-20-5-4-6-21(20)17-22)19-27-24-18-23(35(32,33)30-11-2-1-3-12-30)9-10-25(24)29-13-15-34-16-14-29/h7-10,17-18,27H,1-6,11-16,19H2,(H,28,31). The van der Waals surface area contributed by atoms with Gasteiger partial charge in [0.25, 0.3) is 0 Å². The van der Waals surface area contributed by atoms with Gasteiger partial charge in [-0.25, -0.2) is 8.42 Å². The van der Waals surface area contributed by atoms with E-state index in [4.69, 9.17) is 4.74 Å². The lowest BCUT2D eigenvalue weighted by Crippen LogP contribution is -2.37. The van der Waals surface area contributed by atoms with Gasteiger partial charge < -0.3 is 20.3 Å². The SMILES string of the molecule is O=C(CNc1cc(S(=O)(=O)N2CCCCC2)ccc1N1CCOCC1)Nc1ccc2c(c1)CCC2. The summed E-state index contributed by atoms with van der Waals surface area (Å²) in [5.41, 5.74) is 5.00. The number of aryl methyl sites for hydroxylation is 2. The minimum atomic E-state index is -3.58. The highest BCUT2D eigenvalue weighted by Crippen LogP contribution is 2.32. The van der Waals surface area contributed by atoms with Gasteiger partial charge in [-0.3, -0.25) is 4.79 Å². The summed E-state index contributed by atoms with van der Waals surface area (Å²) < 4.78 is 33.6. The zero-order chi connectivity index (χ0) is 24.3. The fraction of sp³-hybridized carbons (Fsp3) is 0.500. The van der Waals surface area contributed by atoms with E-state index in [-0.39, 0.29) is 17.3 Å². The number of sulfonamides is 1. The van der Waals surface area contributed by atoms with Crippen LogP contribution in [0.5, 0.6) is 0 Å². The number of morpholine rings is 1. The van der Waals surface area contributed by atoms with Gasteiger partial charge in [-0.1, -0.05) is 12.5 Å². The molecule has 0 saturated carbocycles. The third-order valence-electron chi connectivity index (χ3n) is 7.09. The van der Waals surface area contributed by atoms with Crippen molar-refractivity contribution in [3.63, 3.8) is 0 Å². The lowest BCUT2D eigenvalue weighted by Gasteiger charge is -2.31. The lowest BCUT2D eigenvalue weighted by atomic mass is 10.1. The number of carbonyl (C=O) groups excluding carboxylic acids is 1. The first-order chi connectivity index (χ1) is 17.0. The molecule has 2 aliphatic heterocycles. The Balaban J connectivity index is 1.34. The zero-order valence-electron chi connectivity index (χ0n) is 20.1. The minimum Gasteiger partial charge on any atom is -0.378 e. The average Bonchev–Trinajstić information content (AvgIpc) is 3.36. The summed E-state index contributed by atoms with van der Waals surface area (Å²) in [4.78, 5) is 15.2. The number of nitrogens with one attached hydrogen (secondary N) is 2. The highest BCUT2D eigenvalue weighted by molar-refractivity contribution is 7.89. The normalized spacial score (nSPS) is 18.8. The second-order valence-corrected chi connectivity index (χ2v) is 11.4. The van der Waals surface area contributed by atoms with Crippen molar-refractivity contribution in [3.8, 4) is 0 Å². The molecule has 2 heterocycles. The number of hydrogen-bond donors (Lipinski definition) is 2. The number of piperidine rings is 1. The van der Waals surface area contributed by atoms with E-state index in [9.17, 15) is 13.2 Å². The molecule has 0 aromatic heterocycles. The molecule has 2 N–H and O–H groups in total. The lowest BCUT2D eigenvalue weighted by molar-refractivity contribution is -0.114. The molecular formula is C26H34N4O4S. The number of anilines is 3. The molecular weight excluding hydrogens is 464 g/mol. The first-order valence-electron chi connectivity index (χ1n) is 12.6. The Labute approximate surface area is 207 Å². The van der Waals surface area contributed by atoms with E-state index in [2.05, 4.69) is 27.7 Å². The molecule has 0 spiro atoms. The summed E-state index contributed by atoms with van der Waals surface area (Å²) in [5.74, 6) is -0.167. The van der Waals surface area contributed by atoms with Crippen molar-refractivity contribution in [1.29, 1.82) is 0 Å². The third kappa shape index (κ3) is 5.47. The number of hydrogen-bond acceptors (Lipinski definition) is 6. The smallest absolute Gasteiger partial charge is 0.243 e. The molecule has 2 aromatic carbocycles. The van der Waals surface area contributed by atoms with Crippen molar-refractivity contribution in [2.45, 2.75) is 43.4 Å². The van der Waals surface area contributed by atoms with Crippen LogP contribution in [-0.2, 0) is 32.4 Å². The Hall–Kier alpha value is -2.62. The molecule has 3 aliphatic rings. The fourth-order valence-corrected chi connectivity index (χ4v) is 6.73. The van der Waals surface area contributed by atoms with Gasteiger partial charge in [-0.05, 0) is 73.6 Å². The monoisotopic (exact) mass is 498 g/mol. The van der Waals surface area contributed by atoms with Crippen LogP contribution < -0.4 is 15.5 Å². The third-order valence-corrected chi connectivity index (χ3v) is 8.99. The Kier molecular flexibility index (Phi) is 7.27. The Morgan fingerprint density at radius 3 is 2.46 bits per heavy atom. The van der Waals surface area contributed by atoms with Crippen molar-refractivity contribution in [2.75, 3.05) is 61.5 Å². The van der Waals surface area contributed by atoms with Gasteiger partial charge in [-0.2, -0.15) is 4.31 Å². The van der Waals surface area contributed by atoms with Crippen LogP contribution in [0, 0.1) is 0 Å². The Morgan fingerprint density at radius 2 is 1.66 bits per heavy atom. The predicted octanol–water partition coefficient (Wildman–Crippen LogP) is 3.24. The molecule has 2 fully saturated rings. The van der Waals surface area contributed by atoms with E-state index in [1.54, 1.807) is 16.4 Å². The van der Waals surface area contributed by atoms with Crippen LogP contribution in [0.3, 0.4) is 0 Å². The zero-order valence-corrected chi connectivity index (χ0v) is 20.9. The molecule has 2 aromatic rings. The number of nitrogens with zero attached hydrogens (tertiary/aromatic N) is 2. The molecule has 1 amide bonds. The second-order valence-electron chi connectivity index (χ2n) is 9.48. The van der Waals surface area contributed by atoms with Crippen LogP contribution in [0.4, 0.5) is 17.1 Å². The average molecular weight is 499 g/mol. The van der Waals surface area contributed by atoms with Crippen LogP contribution >= 0.6 is 0 Å². The Morgan fingerprint density at radius 1 is 0.886 bits per heavy atom. The molecule has 0 radical (unpaired) electrons. The maximum atomic E-state index is 13.3. The second kappa shape index (κ2) is 10.6. The number of carbonyl (C=O) groups is 1. The number of ether oxygens (including phenoxy) is 1. The largest absolute Gasteiger partial charge is 0.378 e. The highest BCUT2D eigenvalue weighted by Gasteiger charge is 2.27. The van der Waals surface area contributed by atoms with Crippen LogP contribution in [-0.4, -0.2) is 64.6 Å². The predicted molar refractivity (Wildman–Crippen MR) is 138 cm³/mol. The fourth-order valence-electron chi connectivity index (χ4n) is 5.18. The van der Waals surface area contributed by atoms with Gasteiger partial charge in [0.2, 0.25) is 15.9 Å². The maximum absolute atomic E-state index is 13.3. The first kappa shape index (κ1) is 24.1. The molecule has 0 unspecified atom stereocenters. The van der Waals surface area contributed by atoms with Gasteiger partial charge in [0.1, 0.15) is 0 Å². The summed E-state index contributed by atoms with van der Waals surface area (Å²) in [7, 11) is -3.58. The molecule has 0 atom stereocenters. The summed E-state index contributed by atoms with van der Waals surface area (Å²) >= 11 is 0. The van der Waals surface area contributed by atoms with Gasteiger partial charge in [0.05, 0.1) is 36.0 Å². The quantitative estimate of drug-likeness (QED) is 0.609. The summed E-state index contributed by atoms with van der Waals surface area (Å²) in [5, 5.41) is 6.20. The molecule has 8 nitrogen and oxygen atoms in total. The first-order valence-corrected chi connectivity index (χ1v) is 14.1. The van der Waals surface area contributed by atoms with Gasteiger partial charge in [0, 0.05) is 31.9 Å². The highest BCUT2D eigenvalue weighted by atomic mass is 32.2. The van der Waals surface area contributed by atoms with Crippen molar-refractivity contribution < 1.29 is 17.9 Å². The topological polar surface area (TPSA) is 91.0 Å². The van der Waals surface area contributed by atoms with Crippen molar-refractivity contribution >= 4 is 33.0 Å².